The number of likely N-dealkylation sites (tertiary alicyclic amines) is 1. The van der Waals surface area contributed by atoms with Crippen molar-refractivity contribution in [3.63, 3.8) is 0 Å². The van der Waals surface area contributed by atoms with Crippen molar-refractivity contribution in [2.45, 2.75) is 32.7 Å². The monoisotopic (exact) mass is 353 g/mol. The van der Waals surface area contributed by atoms with Gasteiger partial charge in [-0.15, -0.1) is 0 Å². The van der Waals surface area contributed by atoms with Gasteiger partial charge in [0.2, 0.25) is 5.91 Å². The Bertz CT molecular complexity index is 849. The number of nitrogens with zero attached hydrogens (tertiary/aromatic N) is 2. The van der Waals surface area contributed by atoms with Crippen molar-refractivity contribution in [2.75, 3.05) is 18.4 Å². The highest BCUT2D eigenvalue weighted by Crippen LogP contribution is 2.15. The number of carbonyl (C=O) groups excluding carboxylic acids is 2. The van der Waals surface area contributed by atoms with Crippen molar-refractivity contribution >= 4 is 17.5 Å². The van der Waals surface area contributed by atoms with E-state index in [9.17, 15) is 14.4 Å². The molecule has 2 aromatic rings. The van der Waals surface area contributed by atoms with Crippen LogP contribution in [0.1, 0.15) is 35.2 Å². The molecule has 1 aromatic heterocycles. The van der Waals surface area contributed by atoms with Crippen molar-refractivity contribution in [3.8, 4) is 0 Å². The lowest BCUT2D eigenvalue weighted by Gasteiger charge is -2.26. The van der Waals surface area contributed by atoms with Crippen LogP contribution in [-0.2, 0) is 11.3 Å². The van der Waals surface area contributed by atoms with Crippen molar-refractivity contribution in [3.05, 3.63) is 64.1 Å². The number of rotatable bonds is 4. The Morgan fingerprint density at radius 2 is 1.69 bits per heavy atom. The van der Waals surface area contributed by atoms with Crippen LogP contribution in [-0.4, -0.2) is 34.4 Å². The number of amides is 2. The first-order valence-electron chi connectivity index (χ1n) is 8.89. The maximum Gasteiger partial charge on any atom is 0.253 e. The van der Waals surface area contributed by atoms with E-state index in [2.05, 4.69) is 5.32 Å². The molecule has 0 radical (unpaired) electrons. The summed E-state index contributed by atoms with van der Waals surface area (Å²) in [5.74, 6) is -0.248. The molecule has 1 aliphatic rings. The molecular formula is C20H23N3O3. The fourth-order valence-electron chi connectivity index (χ4n) is 3.11. The molecule has 3 rings (SSSR count). The van der Waals surface area contributed by atoms with E-state index in [1.807, 2.05) is 11.8 Å². The third kappa shape index (κ3) is 4.39. The number of hydrogen-bond donors (Lipinski definition) is 1. The maximum atomic E-state index is 12.4. The quantitative estimate of drug-likeness (QED) is 0.918. The highest BCUT2D eigenvalue weighted by molar-refractivity contribution is 5.95. The standard InChI is InChI=1S/C20H23N3O3/c1-15-5-10-19(25)23(13-15)14-18(24)21-17-8-6-16(7-9-17)20(26)22-11-3-2-4-12-22/h5-10,13H,2-4,11-12,14H2,1H3,(H,21,24). The van der Waals surface area contributed by atoms with Crippen LogP contribution >= 0.6 is 0 Å². The molecule has 0 bridgehead atoms. The molecule has 0 aliphatic carbocycles. The number of anilines is 1. The second kappa shape index (κ2) is 7.99. The smallest absolute Gasteiger partial charge is 0.253 e. The van der Waals surface area contributed by atoms with Gasteiger partial charge in [0.15, 0.2) is 0 Å². The molecule has 1 N–H and O–H groups in total. The number of hydrogen-bond acceptors (Lipinski definition) is 3. The van der Waals surface area contributed by atoms with Gasteiger partial charge in [0, 0.05) is 36.6 Å². The highest BCUT2D eigenvalue weighted by Gasteiger charge is 2.18. The average Bonchev–Trinajstić information content (AvgIpc) is 2.65. The summed E-state index contributed by atoms with van der Waals surface area (Å²) >= 11 is 0. The van der Waals surface area contributed by atoms with E-state index in [1.165, 1.54) is 17.1 Å². The Morgan fingerprint density at radius 3 is 2.38 bits per heavy atom. The Labute approximate surface area is 152 Å². The summed E-state index contributed by atoms with van der Waals surface area (Å²) in [6.07, 6.45) is 4.94. The number of nitrogens with one attached hydrogen (secondary N) is 1. The molecule has 6 nitrogen and oxygen atoms in total. The minimum atomic E-state index is -0.284. The van der Waals surface area contributed by atoms with Crippen LogP contribution in [0.2, 0.25) is 0 Å². The van der Waals surface area contributed by atoms with Gasteiger partial charge in [-0.25, -0.2) is 0 Å². The topological polar surface area (TPSA) is 71.4 Å². The van der Waals surface area contributed by atoms with Crippen molar-refractivity contribution in [2.24, 2.45) is 0 Å². The van der Waals surface area contributed by atoms with Gasteiger partial charge in [0.25, 0.3) is 11.5 Å². The lowest BCUT2D eigenvalue weighted by atomic mass is 10.1. The molecule has 6 heteroatoms. The molecule has 1 saturated heterocycles. The van der Waals surface area contributed by atoms with Crippen LogP contribution in [0.3, 0.4) is 0 Å². The first-order valence-corrected chi connectivity index (χ1v) is 8.89. The van der Waals surface area contributed by atoms with Crippen LogP contribution < -0.4 is 10.9 Å². The molecule has 1 fully saturated rings. The summed E-state index contributed by atoms with van der Waals surface area (Å²) in [5.41, 5.74) is 1.93. The number of pyridine rings is 1. The largest absolute Gasteiger partial charge is 0.339 e. The van der Waals surface area contributed by atoms with E-state index in [0.717, 1.165) is 31.5 Å². The van der Waals surface area contributed by atoms with Gasteiger partial charge in [-0.05, 0) is 56.0 Å². The SMILES string of the molecule is Cc1ccc(=O)n(CC(=O)Nc2ccc(C(=O)N3CCCCC3)cc2)c1. The maximum absolute atomic E-state index is 12.4. The Morgan fingerprint density at radius 1 is 1.00 bits per heavy atom. The van der Waals surface area contributed by atoms with Crippen LogP contribution in [0, 0.1) is 6.92 Å². The summed E-state index contributed by atoms with van der Waals surface area (Å²) in [5, 5.41) is 2.76. The number of aryl methyl sites for hydroxylation is 1. The fraction of sp³-hybridized carbons (Fsp3) is 0.350. The molecule has 0 atom stereocenters. The van der Waals surface area contributed by atoms with E-state index in [-0.39, 0.29) is 23.9 Å². The second-order valence-corrected chi connectivity index (χ2v) is 6.65. The molecule has 1 aromatic carbocycles. The molecule has 2 heterocycles. The van der Waals surface area contributed by atoms with Crippen molar-refractivity contribution < 1.29 is 9.59 Å². The highest BCUT2D eigenvalue weighted by atomic mass is 16.2. The van der Waals surface area contributed by atoms with Gasteiger partial charge < -0.3 is 14.8 Å². The van der Waals surface area contributed by atoms with Gasteiger partial charge in [-0.1, -0.05) is 6.07 Å². The van der Waals surface area contributed by atoms with E-state index >= 15 is 0 Å². The third-order valence-corrected chi connectivity index (χ3v) is 4.50. The van der Waals surface area contributed by atoms with Crippen LogP contribution in [0.25, 0.3) is 0 Å². The van der Waals surface area contributed by atoms with E-state index < -0.39 is 0 Å². The minimum absolute atomic E-state index is 0.0360. The molecular weight excluding hydrogens is 330 g/mol. The van der Waals surface area contributed by atoms with Crippen LogP contribution in [0.5, 0.6) is 0 Å². The van der Waals surface area contributed by atoms with Crippen LogP contribution in [0.4, 0.5) is 5.69 Å². The van der Waals surface area contributed by atoms with E-state index in [1.54, 1.807) is 36.5 Å². The zero-order valence-electron chi connectivity index (χ0n) is 14.9. The Hall–Kier alpha value is -2.89. The van der Waals surface area contributed by atoms with Crippen LogP contribution in [0.15, 0.2) is 47.4 Å². The second-order valence-electron chi connectivity index (χ2n) is 6.65. The molecule has 136 valence electrons. The molecule has 0 spiro atoms. The summed E-state index contributed by atoms with van der Waals surface area (Å²) in [4.78, 5) is 38.3. The Balaban J connectivity index is 1.61. The van der Waals surface area contributed by atoms with Gasteiger partial charge in [-0.3, -0.25) is 14.4 Å². The Kier molecular flexibility index (Phi) is 5.51. The van der Waals surface area contributed by atoms with Crippen molar-refractivity contribution in [1.82, 2.24) is 9.47 Å². The molecule has 26 heavy (non-hydrogen) atoms. The molecule has 0 unspecified atom stereocenters. The van der Waals surface area contributed by atoms with Gasteiger partial charge in [0.1, 0.15) is 6.54 Å². The predicted molar refractivity (Wildman–Crippen MR) is 100 cm³/mol. The predicted octanol–water partition coefficient (Wildman–Crippen LogP) is 2.42. The van der Waals surface area contributed by atoms with Gasteiger partial charge >= 0.3 is 0 Å². The summed E-state index contributed by atoms with van der Waals surface area (Å²) < 4.78 is 1.37. The molecule has 1 aliphatic heterocycles. The van der Waals surface area contributed by atoms with E-state index in [0.29, 0.717) is 11.3 Å². The van der Waals surface area contributed by atoms with Gasteiger partial charge in [0.05, 0.1) is 0 Å². The number of piperidine rings is 1. The third-order valence-electron chi connectivity index (χ3n) is 4.50. The summed E-state index contributed by atoms with van der Waals surface area (Å²) in [6.45, 7) is 3.44. The molecule has 2 amide bonds. The zero-order chi connectivity index (χ0) is 18.5. The lowest BCUT2D eigenvalue weighted by molar-refractivity contribution is -0.116. The zero-order valence-corrected chi connectivity index (χ0v) is 14.9. The number of benzene rings is 1. The first-order chi connectivity index (χ1) is 12.5. The number of carbonyl (C=O) groups is 2. The average molecular weight is 353 g/mol. The summed E-state index contributed by atoms with van der Waals surface area (Å²) in [6, 6.07) is 10.1. The van der Waals surface area contributed by atoms with Crippen molar-refractivity contribution in [1.29, 1.82) is 0 Å². The first kappa shape index (κ1) is 17.9. The van der Waals surface area contributed by atoms with E-state index in [4.69, 9.17) is 0 Å². The number of aromatic nitrogens is 1. The molecule has 0 saturated carbocycles. The van der Waals surface area contributed by atoms with Gasteiger partial charge in [-0.2, -0.15) is 0 Å². The minimum Gasteiger partial charge on any atom is -0.339 e. The lowest BCUT2D eigenvalue weighted by Crippen LogP contribution is -2.35. The summed E-state index contributed by atoms with van der Waals surface area (Å²) in [7, 11) is 0. The normalized spacial score (nSPS) is 14.1. The fourth-order valence-corrected chi connectivity index (χ4v) is 3.11.